The molecule has 0 bridgehead atoms. The summed E-state index contributed by atoms with van der Waals surface area (Å²) in [6, 6.07) is 5.25. The van der Waals surface area contributed by atoms with Crippen molar-refractivity contribution in [3.05, 3.63) is 33.8 Å². The summed E-state index contributed by atoms with van der Waals surface area (Å²) in [7, 11) is 0. The van der Waals surface area contributed by atoms with Gasteiger partial charge in [-0.1, -0.05) is 36.2 Å². The van der Waals surface area contributed by atoms with Crippen LogP contribution in [-0.4, -0.2) is 32.4 Å². The summed E-state index contributed by atoms with van der Waals surface area (Å²) < 4.78 is 16.6. The molecule has 0 aliphatic carbocycles. The van der Waals surface area contributed by atoms with Gasteiger partial charge in [-0.05, 0) is 25.0 Å². The molecule has 2 heterocycles. The monoisotopic (exact) mass is 358 g/mol. The van der Waals surface area contributed by atoms with Crippen molar-refractivity contribution >= 4 is 29.2 Å². The SMILES string of the molecule is CC1(COC(=O)[C@@H]2CCCO[C@H]2c2ccc(Cl)cc2Cl)COC1. The second kappa shape index (κ2) is 6.98. The van der Waals surface area contributed by atoms with E-state index >= 15 is 0 Å². The van der Waals surface area contributed by atoms with E-state index in [1.54, 1.807) is 12.1 Å². The van der Waals surface area contributed by atoms with Crippen LogP contribution in [-0.2, 0) is 19.0 Å². The van der Waals surface area contributed by atoms with E-state index < -0.39 is 0 Å². The molecule has 23 heavy (non-hydrogen) atoms. The van der Waals surface area contributed by atoms with Crippen LogP contribution in [0.25, 0.3) is 0 Å². The van der Waals surface area contributed by atoms with E-state index in [9.17, 15) is 4.79 Å². The molecule has 6 heteroatoms. The molecule has 0 unspecified atom stereocenters. The van der Waals surface area contributed by atoms with E-state index in [1.165, 1.54) is 0 Å². The minimum absolute atomic E-state index is 0.0569. The van der Waals surface area contributed by atoms with Crippen molar-refractivity contribution < 1.29 is 19.0 Å². The van der Waals surface area contributed by atoms with Gasteiger partial charge in [-0.15, -0.1) is 0 Å². The summed E-state index contributed by atoms with van der Waals surface area (Å²) >= 11 is 12.2. The molecule has 0 radical (unpaired) electrons. The molecule has 2 aliphatic heterocycles. The summed E-state index contributed by atoms with van der Waals surface area (Å²) in [4.78, 5) is 12.5. The molecule has 1 aromatic rings. The smallest absolute Gasteiger partial charge is 0.311 e. The van der Waals surface area contributed by atoms with Crippen LogP contribution in [0.1, 0.15) is 31.4 Å². The average molecular weight is 359 g/mol. The fraction of sp³-hybridized carbons (Fsp3) is 0.588. The van der Waals surface area contributed by atoms with Crippen molar-refractivity contribution in [2.75, 3.05) is 26.4 Å². The fourth-order valence-corrected chi connectivity index (χ4v) is 3.46. The highest BCUT2D eigenvalue weighted by molar-refractivity contribution is 6.35. The van der Waals surface area contributed by atoms with Crippen LogP contribution in [0.5, 0.6) is 0 Å². The van der Waals surface area contributed by atoms with Gasteiger partial charge in [-0.2, -0.15) is 0 Å². The predicted molar refractivity (Wildman–Crippen MR) is 87.8 cm³/mol. The third kappa shape index (κ3) is 3.82. The lowest BCUT2D eigenvalue weighted by Gasteiger charge is -2.38. The average Bonchev–Trinajstić information content (AvgIpc) is 2.51. The molecule has 2 atom stereocenters. The highest BCUT2D eigenvalue weighted by Crippen LogP contribution is 2.39. The van der Waals surface area contributed by atoms with Crippen LogP contribution in [0.3, 0.4) is 0 Å². The number of carbonyl (C=O) groups is 1. The van der Waals surface area contributed by atoms with Crippen molar-refractivity contribution in [3.63, 3.8) is 0 Å². The van der Waals surface area contributed by atoms with Crippen molar-refractivity contribution in [2.24, 2.45) is 11.3 Å². The number of halogens is 2. The van der Waals surface area contributed by atoms with Crippen molar-refractivity contribution in [2.45, 2.75) is 25.9 Å². The molecule has 2 saturated heterocycles. The van der Waals surface area contributed by atoms with Gasteiger partial charge in [0.25, 0.3) is 0 Å². The number of hydrogen-bond donors (Lipinski definition) is 0. The van der Waals surface area contributed by atoms with E-state index in [2.05, 4.69) is 6.92 Å². The summed E-state index contributed by atoms with van der Waals surface area (Å²) in [5, 5.41) is 1.08. The Labute approximate surface area is 146 Å². The summed E-state index contributed by atoms with van der Waals surface area (Å²) in [5.41, 5.74) is 0.731. The summed E-state index contributed by atoms with van der Waals surface area (Å²) in [6.45, 7) is 4.30. The Kier molecular flexibility index (Phi) is 5.16. The van der Waals surface area contributed by atoms with Crippen molar-refractivity contribution in [1.29, 1.82) is 0 Å². The van der Waals surface area contributed by atoms with E-state index in [4.69, 9.17) is 37.4 Å². The number of hydrogen-bond acceptors (Lipinski definition) is 4. The van der Waals surface area contributed by atoms with Gasteiger partial charge in [0, 0.05) is 27.6 Å². The molecule has 0 spiro atoms. The Morgan fingerprint density at radius 3 is 2.83 bits per heavy atom. The zero-order valence-corrected chi connectivity index (χ0v) is 14.5. The maximum atomic E-state index is 12.5. The molecule has 0 saturated carbocycles. The van der Waals surface area contributed by atoms with E-state index in [0.29, 0.717) is 36.5 Å². The van der Waals surface area contributed by atoms with Crippen LogP contribution in [0, 0.1) is 11.3 Å². The fourth-order valence-electron chi connectivity index (χ4n) is 2.95. The van der Waals surface area contributed by atoms with Gasteiger partial charge in [0.2, 0.25) is 0 Å². The maximum Gasteiger partial charge on any atom is 0.311 e. The lowest BCUT2D eigenvalue weighted by molar-refractivity contribution is -0.176. The first-order valence-corrected chi connectivity index (χ1v) is 8.55. The van der Waals surface area contributed by atoms with Crippen LogP contribution in [0.2, 0.25) is 10.0 Å². The number of benzene rings is 1. The molecule has 2 fully saturated rings. The molecule has 0 amide bonds. The number of carbonyl (C=O) groups excluding carboxylic acids is 1. The maximum absolute atomic E-state index is 12.5. The number of esters is 1. The van der Waals surface area contributed by atoms with Crippen molar-refractivity contribution in [1.82, 2.24) is 0 Å². The normalized spacial score (nSPS) is 26.4. The van der Waals surface area contributed by atoms with E-state index in [-0.39, 0.29) is 23.4 Å². The Morgan fingerprint density at radius 2 is 2.17 bits per heavy atom. The van der Waals surface area contributed by atoms with Crippen LogP contribution < -0.4 is 0 Å². The molecule has 4 nitrogen and oxygen atoms in total. The van der Waals surface area contributed by atoms with Gasteiger partial charge in [0.15, 0.2) is 0 Å². The molecule has 2 aliphatic rings. The van der Waals surface area contributed by atoms with E-state index in [1.807, 2.05) is 6.07 Å². The molecule has 0 N–H and O–H groups in total. The topological polar surface area (TPSA) is 44.8 Å². The third-order valence-electron chi connectivity index (χ3n) is 4.36. The first-order chi connectivity index (χ1) is 11.0. The minimum atomic E-state index is -0.383. The second-order valence-corrected chi connectivity index (χ2v) is 7.46. The minimum Gasteiger partial charge on any atom is -0.465 e. The molecule has 3 rings (SSSR count). The number of rotatable bonds is 4. The van der Waals surface area contributed by atoms with Crippen LogP contribution in [0.4, 0.5) is 0 Å². The zero-order chi connectivity index (χ0) is 16.4. The van der Waals surface area contributed by atoms with Gasteiger partial charge in [-0.25, -0.2) is 0 Å². The standard InChI is InChI=1S/C17H20Cl2O4/c1-17(8-21-9-17)10-23-16(20)13-3-2-6-22-15(13)12-5-4-11(18)7-14(12)19/h4-5,7,13,15H,2-3,6,8-10H2,1H3/t13-,15+/m1/s1. The summed E-state index contributed by atoms with van der Waals surface area (Å²) in [5.74, 6) is -0.569. The first-order valence-electron chi connectivity index (χ1n) is 7.79. The first kappa shape index (κ1) is 17.0. The Balaban J connectivity index is 1.71. The molecular formula is C17H20Cl2O4. The molecular weight excluding hydrogens is 339 g/mol. The zero-order valence-electron chi connectivity index (χ0n) is 13.0. The third-order valence-corrected chi connectivity index (χ3v) is 4.92. The van der Waals surface area contributed by atoms with Gasteiger partial charge >= 0.3 is 5.97 Å². The van der Waals surface area contributed by atoms with Crippen LogP contribution >= 0.6 is 23.2 Å². The van der Waals surface area contributed by atoms with E-state index in [0.717, 1.165) is 18.4 Å². The van der Waals surface area contributed by atoms with Crippen LogP contribution in [0.15, 0.2) is 18.2 Å². The second-order valence-electron chi connectivity index (χ2n) is 6.62. The van der Waals surface area contributed by atoms with Gasteiger partial charge < -0.3 is 14.2 Å². The number of ether oxygens (including phenoxy) is 3. The Hall–Kier alpha value is -0.810. The highest BCUT2D eigenvalue weighted by Gasteiger charge is 2.39. The lowest BCUT2D eigenvalue weighted by atomic mass is 9.88. The summed E-state index contributed by atoms with van der Waals surface area (Å²) in [6.07, 6.45) is 1.18. The van der Waals surface area contributed by atoms with Gasteiger partial charge in [0.1, 0.15) is 6.61 Å². The quantitative estimate of drug-likeness (QED) is 0.761. The predicted octanol–water partition coefficient (Wildman–Crippen LogP) is 4.04. The van der Waals surface area contributed by atoms with Crippen molar-refractivity contribution in [3.8, 4) is 0 Å². The highest BCUT2D eigenvalue weighted by atomic mass is 35.5. The van der Waals surface area contributed by atoms with Gasteiger partial charge in [0.05, 0.1) is 25.2 Å². The molecule has 1 aromatic carbocycles. The lowest BCUT2D eigenvalue weighted by Crippen LogP contribution is -2.45. The molecule has 0 aromatic heterocycles. The Morgan fingerprint density at radius 1 is 1.39 bits per heavy atom. The largest absolute Gasteiger partial charge is 0.465 e. The van der Waals surface area contributed by atoms with Gasteiger partial charge in [-0.3, -0.25) is 4.79 Å². The Bertz CT molecular complexity index is 586. The molecule has 126 valence electrons.